The molecule has 0 aliphatic rings. The third-order valence-corrected chi connectivity index (χ3v) is 22.3. The molecule has 24 aromatic rings. The Hall–Kier alpha value is -15.7. The molecule has 0 fully saturated rings. The summed E-state index contributed by atoms with van der Waals surface area (Å²) >= 11 is 0. The van der Waals surface area contributed by atoms with Crippen LogP contribution in [-0.2, 0) is 0 Å². The van der Waals surface area contributed by atoms with E-state index in [9.17, 15) is 0 Å². The molecule has 0 spiro atoms. The summed E-state index contributed by atoms with van der Waals surface area (Å²) in [6, 6.07) is 131. The molecule has 8 heterocycles. The molecule has 0 atom stereocenters. The lowest BCUT2D eigenvalue weighted by molar-refractivity contribution is 0.669. The van der Waals surface area contributed by atoms with Gasteiger partial charge in [0.2, 0.25) is 0 Å². The molecule has 114 heavy (non-hydrogen) atoms. The van der Waals surface area contributed by atoms with Gasteiger partial charge in [-0.3, -0.25) is 0 Å². The molecule has 0 saturated carbocycles. The van der Waals surface area contributed by atoms with Gasteiger partial charge in [-0.15, -0.1) is 0 Å². The Bertz CT molecular complexity index is 7860. The van der Waals surface area contributed by atoms with Crippen molar-refractivity contribution >= 4 is 131 Å². The number of fused-ring (bicyclic) bond motifs is 18. The van der Waals surface area contributed by atoms with Crippen LogP contribution >= 0.6 is 0 Å². The summed E-state index contributed by atoms with van der Waals surface area (Å²) in [4.78, 5) is 29.8. The standard InChI is InChI=1S/2C51H31N5O/c1-3-14-32(15-4-1)49-52-50(33-16-5-2-6-17-33)54-51(53-49)34-18-13-19-35(28-34)55-43-23-10-7-20-37(43)40-29-36(26-27-45(40)55)56-44-24-11-8-21-38(44)41-31-48-42(30-46(41)56)39-22-9-12-25-47(39)57-48;1-3-13-32(14-4-1)49-52-50(33-15-5-2-6-16-33)54-51(53-49)34-23-25-35(26-24-34)55-43-20-10-7-17-37(43)40-29-36(27-28-45(40)55)56-44-21-11-8-18-38(44)41-31-48-42(30-46(41)56)39-19-9-12-22-47(39)57-48/h2*1-31H. The van der Waals surface area contributed by atoms with Crippen molar-refractivity contribution in [1.82, 2.24) is 48.2 Å². The minimum absolute atomic E-state index is 0.624. The second kappa shape index (κ2) is 26.0. The van der Waals surface area contributed by atoms with Crippen molar-refractivity contribution in [2.24, 2.45) is 0 Å². The number of hydrogen-bond acceptors (Lipinski definition) is 8. The van der Waals surface area contributed by atoms with Gasteiger partial charge < -0.3 is 27.1 Å². The third-order valence-electron chi connectivity index (χ3n) is 22.3. The number of furan rings is 2. The quantitative estimate of drug-likeness (QED) is 0.133. The molecule has 0 radical (unpaired) electrons. The normalized spacial score (nSPS) is 11.9. The summed E-state index contributed by atoms with van der Waals surface area (Å²) in [5.41, 5.74) is 22.7. The van der Waals surface area contributed by atoms with Gasteiger partial charge >= 0.3 is 0 Å². The maximum Gasteiger partial charge on any atom is 0.164 e. The second-order valence-electron chi connectivity index (χ2n) is 28.9. The molecule has 24 rings (SSSR count). The monoisotopic (exact) mass is 1460 g/mol. The molecular formula is C102H62N10O2. The van der Waals surface area contributed by atoms with Gasteiger partial charge in [0.1, 0.15) is 22.3 Å². The topological polar surface area (TPSA) is 123 Å². The molecule has 16 aromatic carbocycles. The molecule has 8 aromatic heterocycles. The van der Waals surface area contributed by atoms with E-state index in [0.717, 1.165) is 144 Å². The molecule has 12 heteroatoms. The highest BCUT2D eigenvalue weighted by Crippen LogP contribution is 2.44. The fraction of sp³-hybridized carbons (Fsp3) is 0. The summed E-state index contributed by atoms with van der Waals surface area (Å²) in [6.45, 7) is 0. The average molecular weight is 1460 g/mol. The molecular weight excluding hydrogens is 1400 g/mol. The van der Waals surface area contributed by atoms with Gasteiger partial charge in [0, 0.05) is 121 Å². The van der Waals surface area contributed by atoms with Crippen molar-refractivity contribution in [2.45, 2.75) is 0 Å². The Balaban J connectivity index is 0.000000135. The van der Waals surface area contributed by atoms with E-state index in [1.807, 2.05) is 146 Å². The lowest BCUT2D eigenvalue weighted by Gasteiger charge is -2.12. The van der Waals surface area contributed by atoms with E-state index in [-0.39, 0.29) is 0 Å². The van der Waals surface area contributed by atoms with Gasteiger partial charge in [0.05, 0.1) is 44.1 Å². The SMILES string of the molecule is c1ccc(-c2nc(-c3ccccc3)nc(-c3ccc(-n4c5ccccc5c5cc(-n6c7ccccc7c7cc8oc9ccccc9c8cc76)ccc54)cc3)n2)cc1.c1ccc(-c2nc(-c3ccccc3)nc(-c3cccc(-n4c5ccccc5c5cc(-n6c7ccccc7c7cc8oc9ccccc9c8cc76)ccc54)c3)n2)cc1. The van der Waals surface area contributed by atoms with Crippen LogP contribution < -0.4 is 0 Å². The highest BCUT2D eigenvalue weighted by atomic mass is 16.3. The van der Waals surface area contributed by atoms with Crippen LogP contribution in [0.25, 0.3) is 222 Å². The first-order valence-corrected chi connectivity index (χ1v) is 38.2. The molecule has 0 saturated heterocycles. The summed E-state index contributed by atoms with van der Waals surface area (Å²) in [5.74, 6) is 3.83. The first-order valence-electron chi connectivity index (χ1n) is 38.2. The number of hydrogen-bond donors (Lipinski definition) is 0. The van der Waals surface area contributed by atoms with Gasteiger partial charge in [-0.1, -0.05) is 243 Å². The van der Waals surface area contributed by atoms with Crippen LogP contribution in [0.15, 0.2) is 385 Å². The molecule has 0 aliphatic carbocycles. The van der Waals surface area contributed by atoms with Crippen LogP contribution in [0.3, 0.4) is 0 Å². The zero-order valence-electron chi connectivity index (χ0n) is 61.1. The van der Waals surface area contributed by atoms with Crippen LogP contribution in [0.5, 0.6) is 0 Å². The first-order chi connectivity index (χ1) is 56.5. The van der Waals surface area contributed by atoms with Crippen molar-refractivity contribution < 1.29 is 8.83 Å². The summed E-state index contributed by atoms with van der Waals surface area (Å²) in [6.07, 6.45) is 0. The van der Waals surface area contributed by atoms with E-state index in [4.69, 9.17) is 38.7 Å². The summed E-state index contributed by atoms with van der Waals surface area (Å²) in [7, 11) is 0. The predicted molar refractivity (Wildman–Crippen MR) is 464 cm³/mol. The molecule has 12 nitrogen and oxygen atoms in total. The molecule has 0 aliphatic heterocycles. The zero-order valence-corrected chi connectivity index (χ0v) is 61.1. The van der Waals surface area contributed by atoms with Gasteiger partial charge in [-0.05, 0) is 133 Å². The van der Waals surface area contributed by atoms with E-state index < -0.39 is 0 Å². The van der Waals surface area contributed by atoms with Crippen molar-refractivity contribution in [2.75, 3.05) is 0 Å². The Kier molecular flexibility index (Phi) is 14.7. The van der Waals surface area contributed by atoms with Crippen molar-refractivity contribution in [3.63, 3.8) is 0 Å². The number of para-hydroxylation sites is 6. The van der Waals surface area contributed by atoms with Gasteiger partial charge in [0.15, 0.2) is 34.9 Å². The van der Waals surface area contributed by atoms with Crippen LogP contribution in [0.4, 0.5) is 0 Å². The largest absolute Gasteiger partial charge is 0.456 e. The predicted octanol–water partition coefficient (Wildman–Crippen LogP) is 25.9. The van der Waals surface area contributed by atoms with Crippen molar-refractivity contribution in [3.05, 3.63) is 376 Å². The van der Waals surface area contributed by atoms with E-state index in [1.54, 1.807) is 0 Å². The highest BCUT2D eigenvalue weighted by molar-refractivity contribution is 6.20. The number of nitrogens with zero attached hydrogens (tertiary/aromatic N) is 10. The van der Waals surface area contributed by atoms with Gasteiger partial charge in [-0.2, -0.15) is 0 Å². The Labute approximate surface area is 651 Å². The zero-order chi connectivity index (χ0) is 74.9. The molecule has 0 N–H and O–H groups in total. The first kappa shape index (κ1) is 64.3. The number of benzene rings is 16. The lowest BCUT2D eigenvalue weighted by atomic mass is 10.1. The van der Waals surface area contributed by atoms with Crippen molar-refractivity contribution in [1.29, 1.82) is 0 Å². The third kappa shape index (κ3) is 10.5. The Morgan fingerprint density at radius 1 is 0.149 bits per heavy atom. The van der Waals surface area contributed by atoms with E-state index in [0.29, 0.717) is 34.9 Å². The lowest BCUT2D eigenvalue weighted by Crippen LogP contribution is -2.01. The maximum atomic E-state index is 6.34. The minimum atomic E-state index is 0.624. The van der Waals surface area contributed by atoms with Crippen LogP contribution in [0, 0.1) is 0 Å². The average Bonchev–Trinajstić information content (AvgIpc) is 1.57. The molecule has 0 unspecified atom stereocenters. The summed E-state index contributed by atoms with van der Waals surface area (Å²) in [5, 5.41) is 13.9. The highest BCUT2D eigenvalue weighted by Gasteiger charge is 2.24. The number of rotatable bonds is 10. The van der Waals surface area contributed by atoms with Crippen molar-refractivity contribution in [3.8, 4) is 91.1 Å². The smallest absolute Gasteiger partial charge is 0.164 e. The fourth-order valence-corrected chi connectivity index (χ4v) is 17.1. The summed E-state index contributed by atoms with van der Waals surface area (Å²) < 4.78 is 22.2. The van der Waals surface area contributed by atoms with Crippen LogP contribution in [-0.4, -0.2) is 48.2 Å². The van der Waals surface area contributed by atoms with E-state index >= 15 is 0 Å². The molecule has 532 valence electrons. The van der Waals surface area contributed by atoms with Crippen LogP contribution in [0.2, 0.25) is 0 Å². The van der Waals surface area contributed by atoms with E-state index in [1.165, 1.54) is 43.1 Å². The fourth-order valence-electron chi connectivity index (χ4n) is 17.1. The van der Waals surface area contributed by atoms with E-state index in [2.05, 4.69) is 249 Å². The Morgan fingerprint density at radius 3 is 0.807 bits per heavy atom. The van der Waals surface area contributed by atoms with Crippen LogP contribution in [0.1, 0.15) is 0 Å². The second-order valence-corrected chi connectivity index (χ2v) is 28.9. The minimum Gasteiger partial charge on any atom is -0.456 e. The maximum absolute atomic E-state index is 6.34. The van der Waals surface area contributed by atoms with Gasteiger partial charge in [0.25, 0.3) is 0 Å². The molecule has 0 amide bonds. The van der Waals surface area contributed by atoms with Gasteiger partial charge in [-0.25, -0.2) is 29.9 Å². The molecule has 0 bridgehead atoms. The number of aromatic nitrogens is 10. The Morgan fingerprint density at radius 2 is 0.421 bits per heavy atom.